The van der Waals surface area contributed by atoms with Crippen molar-refractivity contribution in [2.45, 2.75) is 19.4 Å². The lowest BCUT2D eigenvalue weighted by atomic mass is 10.1. The molecule has 1 aromatic carbocycles. The number of fused-ring (bicyclic) bond motifs is 1. The van der Waals surface area contributed by atoms with Crippen LogP contribution in [0.5, 0.6) is 5.88 Å². The molecule has 1 saturated carbocycles. The average molecular weight is 376 g/mol. The lowest BCUT2D eigenvalue weighted by Gasteiger charge is -2.36. The molecule has 0 bridgehead atoms. The van der Waals surface area contributed by atoms with Gasteiger partial charge < -0.3 is 9.64 Å². The molecule has 0 unspecified atom stereocenters. The van der Waals surface area contributed by atoms with Crippen LogP contribution >= 0.6 is 0 Å². The molecule has 3 aromatic rings. The van der Waals surface area contributed by atoms with Gasteiger partial charge in [-0.15, -0.1) is 0 Å². The number of aromatic nitrogens is 4. The monoisotopic (exact) mass is 376 g/mol. The van der Waals surface area contributed by atoms with E-state index >= 15 is 0 Å². The van der Waals surface area contributed by atoms with E-state index in [9.17, 15) is 0 Å². The van der Waals surface area contributed by atoms with Gasteiger partial charge in [0.05, 0.1) is 23.7 Å². The molecule has 2 aliphatic rings. The highest BCUT2D eigenvalue weighted by Crippen LogP contribution is 2.32. The van der Waals surface area contributed by atoms with Crippen molar-refractivity contribution in [1.82, 2.24) is 25.1 Å². The topological polar surface area (TPSA) is 67.3 Å². The van der Waals surface area contributed by atoms with Crippen LogP contribution in [0, 0.1) is 5.92 Å². The summed E-state index contributed by atoms with van der Waals surface area (Å²) < 4.78 is 5.98. The molecule has 0 atom stereocenters. The van der Waals surface area contributed by atoms with Gasteiger partial charge in [-0.3, -0.25) is 4.90 Å². The van der Waals surface area contributed by atoms with E-state index in [4.69, 9.17) is 4.74 Å². The van der Waals surface area contributed by atoms with Crippen molar-refractivity contribution in [3.8, 4) is 5.88 Å². The first-order valence-corrected chi connectivity index (χ1v) is 9.95. The van der Waals surface area contributed by atoms with Gasteiger partial charge in [-0.25, -0.2) is 9.97 Å². The molecule has 0 N–H and O–H groups in total. The summed E-state index contributed by atoms with van der Waals surface area (Å²) in [6.07, 6.45) is 7.74. The Morgan fingerprint density at radius 1 is 1.00 bits per heavy atom. The van der Waals surface area contributed by atoms with Gasteiger partial charge in [0.15, 0.2) is 0 Å². The summed E-state index contributed by atoms with van der Waals surface area (Å²) in [6.45, 7) is 5.73. The van der Waals surface area contributed by atoms with Gasteiger partial charge in [0.1, 0.15) is 6.33 Å². The number of piperazine rings is 1. The minimum atomic E-state index is 0.705. The van der Waals surface area contributed by atoms with E-state index in [1.807, 2.05) is 12.3 Å². The summed E-state index contributed by atoms with van der Waals surface area (Å²) in [5, 5.41) is 8.83. The van der Waals surface area contributed by atoms with Crippen molar-refractivity contribution in [2.75, 3.05) is 37.7 Å². The maximum Gasteiger partial charge on any atom is 0.224 e. The molecule has 2 aromatic heterocycles. The molecular formula is C21H24N6O. The number of benzene rings is 1. The van der Waals surface area contributed by atoms with E-state index in [-0.39, 0.29) is 0 Å². The summed E-state index contributed by atoms with van der Waals surface area (Å²) >= 11 is 0. The summed E-state index contributed by atoms with van der Waals surface area (Å²) in [5.74, 6) is 1.42. The summed E-state index contributed by atoms with van der Waals surface area (Å²) in [7, 11) is 0. The first kappa shape index (κ1) is 17.3. The van der Waals surface area contributed by atoms with Gasteiger partial charge in [-0.05, 0) is 48.6 Å². The van der Waals surface area contributed by atoms with Gasteiger partial charge >= 0.3 is 0 Å². The predicted octanol–water partition coefficient (Wildman–Crippen LogP) is 2.53. The summed E-state index contributed by atoms with van der Waals surface area (Å²) in [6, 6.07) is 8.44. The average Bonchev–Trinajstić information content (AvgIpc) is 3.58. The Balaban J connectivity index is 1.27. The van der Waals surface area contributed by atoms with Crippen molar-refractivity contribution in [3.05, 3.63) is 48.5 Å². The fraction of sp³-hybridized carbons (Fsp3) is 0.429. The third kappa shape index (κ3) is 3.89. The van der Waals surface area contributed by atoms with Crippen LogP contribution in [0.1, 0.15) is 18.4 Å². The van der Waals surface area contributed by atoms with E-state index < -0.39 is 0 Å². The van der Waals surface area contributed by atoms with Gasteiger partial charge in [-0.2, -0.15) is 10.2 Å². The van der Waals surface area contributed by atoms with E-state index in [0.29, 0.717) is 11.8 Å². The first-order chi connectivity index (χ1) is 13.8. The Morgan fingerprint density at radius 3 is 2.68 bits per heavy atom. The van der Waals surface area contributed by atoms with Crippen molar-refractivity contribution >= 4 is 16.6 Å². The quantitative estimate of drug-likeness (QED) is 0.655. The van der Waals surface area contributed by atoms with E-state index in [1.165, 1.54) is 24.1 Å². The van der Waals surface area contributed by atoms with Crippen molar-refractivity contribution < 1.29 is 4.74 Å². The second-order valence-electron chi connectivity index (χ2n) is 7.65. The highest BCUT2D eigenvalue weighted by Gasteiger charge is 2.23. The Hall–Kier alpha value is -2.80. The molecule has 7 heteroatoms. The Labute approximate surface area is 164 Å². The smallest absolute Gasteiger partial charge is 0.224 e. The molecule has 7 nitrogen and oxygen atoms in total. The van der Waals surface area contributed by atoms with Crippen molar-refractivity contribution in [2.24, 2.45) is 5.92 Å². The summed E-state index contributed by atoms with van der Waals surface area (Å²) in [5.41, 5.74) is 3.36. The van der Waals surface area contributed by atoms with E-state index in [0.717, 1.165) is 50.2 Å². The molecular weight excluding hydrogens is 352 g/mol. The predicted molar refractivity (Wildman–Crippen MR) is 107 cm³/mol. The number of rotatable bonds is 6. The van der Waals surface area contributed by atoms with Crippen LogP contribution in [-0.2, 0) is 6.54 Å². The third-order valence-corrected chi connectivity index (χ3v) is 5.52. The minimum absolute atomic E-state index is 0.705. The van der Waals surface area contributed by atoms with Crippen LogP contribution in [0.15, 0.2) is 43.0 Å². The summed E-state index contributed by atoms with van der Waals surface area (Å²) in [4.78, 5) is 13.7. The zero-order chi connectivity index (χ0) is 18.8. The number of ether oxygens (including phenoxy) is 1. The van der Waals surface area contributed by atoms with Crippen LogP contribution in [0.3, 0.4) is 0 Å². The molecule has 144 valence electrons. The van der Waals surface area contributed by atoms with E-state index in [1.54, 1.807) is 12.5 Å². The van der Waals surface area contributed by atoms with Gasteiger partial charge in [0, 0.05) is 44.6 Å². The highest BCUT2D eigenvalue weighted by atomic mass is 16.5. The van der Waals surface area contributed by atoms with Crippen LogP contribution in [-0.4, -0.2) is 57.9 Å². The van der Waals surface area contributed by atoms with Crippen LogP contribution in [0.25, 0.3) is 10.9 Å². The lowest BCUT2D eigenvalue weighted by molar-refractivity contribution is 0.249. The minimum Gasteiger partial charge on any atom is -0.477 e. The second-order valence-corrected chi connectivity index (χ2v) is 7.65. The van der Waals surface area contributed by atoms with Crippen LogP contribution < -0.4 is 9.64 Å². The Kier molecular flexibility index (Phi) is 4.74. The van der Waals surface area contributed by atoms with Crippen LogP contribution in [0.4, 0.5) is 5.69 Å². The molecule has 1 aliphatic carbocycles. The van der Waals surface area contributed by atoms with Gasteiger partial charge in [0.25, 0.3) is 0 Å². The number of hydrogen-bond donors (Lipinski definition) is 0. The highest BCUT2D eigenvalue weighted by molar-refractivity contribution is 5.86. The van der Waals surface area contributed by atoms with E-state index in [2.05, 4.69) is 48.2 Å². The van der Waals surface area contributed by atoms with Gasteiger partial charge in [-0.1, -0.05) is 0 Å². The zero-order valence-electron chi connectivity index (χ0n) is 15.9. The Bertz CT molecular complexity index is 938. The van der Waals surface area contributed by atoms with Crippen LogP contribution in [0.2, 0.25) is 0 Å². The fourth-order valence-electron chi connectivity index (χ4n) is 3.65. The van der Waals surface area contributed by atoms with Gasteiger partial charge in [0.2, 0.25) is 5.88 Å². The number of anilines is 1. The molecule has 1 aliphatic heterocycles. The fourth-order valence-corrected chi connectivity index (χ4v) is 3.65. The Morgan fingerprint density at radius 2 is 1.89 bits per heavy atom. The molecule has 0 spiro atoms. The molecule has 1 saturated heterocycles. The molecule has 0 radical (unpaired) electrons. The maximum absolute atomic E-state index is 5.98. The number of hydrogen-bond acceptors (Lipinski definition) is 7. The standard InChI is InChI=1S/C21H24N6O/c1-2-16(1)14-28-21-19-11-18(3-4-20(19)22-15-23-21)27-9-7-26(8-10-27)13-17-5-6-24-25-12-17/h3-6,11-12,15-16H,1-2,7-10,13-14H2. The van der Waals surface area contributed by atoms with Crippen molar-refractivity contribution in [3.63, 3.8) is 0 Å². The molecule has 2 fully saturated rings. The lowest BCUT2D eigenvalue weighted by Crippen LogP contribution is -2.45. The SMILES string of the molecule is c1cc(CN2CCN(c3ccc4ncnc(OCC5CC5)c4c3)CC2)cnn1. The first-order valence-electron chi connectivity index (χ1n) is 9.95. The normalized spacial score (nSPS) is 17.8. The zero-order valence-corrected chi connectivity index (χ0v) is 15.9. The van der Waals surface area contributed by atoms with Crippen molar-refractivity contribution in [1.29, 1.82) is 0 Å². The maximum atomic E-state index is 5.98. The number of nitrogens with zero attached hydrogens (tertiary/aromatic N) is 6. The molecule has 5 rings (SSSR count). The largest absolute Gasteiger partial charge is 0.477 e. The molecule has 3 heterocycles. The second kappa shape index (κ2) is 7.67. The molecule has 0 amide bonds. The molecule has 28 heavy (non-hydrogen) atoms. The third-order valence-electron chi connectivity index (χ3n) is 5.52.